The van der Waals surface area contributed by atoms with E-state index in [1.54, 1.807) is 19.2 Å². The second kappa shape index (κ2) is 4.86. The summed E-state index contributed by atoms with van der Waals surface area (Å²) in [4.78, 5) is 0. The highest BCUT2D eigenvalue weighted by atomic mass is 35.5. The van der Waals surface area contributed by atoms with Gasteiger partial charge in [0.15, 0.2) is 0 Å². The maximum atomic E-state index is 6.13. The second-order valence-electron chi connectivity index (χ2n) is 3.58. The minimum Gasteiger partial charge on any atom is -0.495 e. The summed E-state index contributed by atoms with van der Waals surface area (Å²) in [6.45, 7) is 0. The first-order valence-corrected chi connectivity index (χ1v) is 5.76. The molecule has 0 bridgehead atoms. The first-order valence-electron chi connectivity index (χ1n) is 5.01. The van der Waals surface area contributed by atoms with Gasteiger partial charge in [-0.3, -0.25) is 0 Å². The first-order chi connectivity index (χ1) is 8.11. The number of hydrogen-bond donors (Lipinski definition) is 1. The van der Waals surface area contributed by atoms with Crippen molar-refractivity contribution in [3.63, 3.8) is 0 Å². The lowest BCUT2D eigenvalue weighted by Crippen LogP contribution is -1.92. The summed E-state index contributed by atoms with van der Waals surface area (Å²) in [6, 6.07) is 10.8. The molecule has 0 unspecified atom stereocenters. The summed E-state index contributed by atoms with van der Waals surface area (Å²) in [7, 11) is 1.58. The van der Waals surface area contributed by atoms with Crippen LogP contribution in [0, 0.1) is 0 Å². The molecule has 2 aromatic rings. The fourth-order valence-corrected chi connectivity index (χ4v) is 2.02. The molecule has 2 rings (SSSR count). The van der Waals surface area contributed by atoms with Gasteiger partial charge in [0.2, 0.25) is 0 Å². The third kappa shape index (κ3) is 2.48. The zero-order valence-corrected chi connectivity index (χ0v) is 10.7. The molecule has 0 radical (unpaired) electrons. The van der Waals surface area contributed by atoms with Crippen molar-refractivity contribution >= 4 is 28.9 Å². The topological polar surface area (TPSA) is 35.2 Å². The summed E-state index contributed by atoms with van der Waals surface area (Å²) in [6.07, 6.45) is 0. The average Bonchev–Trinajstić information content (AvgIpc) is 2.32. The Labute approximate surface area is 110 Å². The Bertz CT molecular complexity index is 555. The summed E-state index contributed by atoms with van der Waals surface area (Å²) >= 11 is 12.1. The van der Waals surface area contributed by atoms with E-state index in [-0.39, 0.29) is 0 Å². The third-order valence-corrected chi connectivity index (χ3v) is 3.03. The normalized spacial score (nSPS) is 10.3. The molecule has 88 valence electrons. The number of rotatable bonds is 2. The van der Waals surface area contributed by atoms with Gasteiger partial charge in [-0.1, -0.05) is 29.3 Å². The highest BCUT2D eigenvalue weighted by Gasteiger charge is 2.07. The van der Waals surface area contributed by atoms with Crippen molar-refractivity contribution in [1.82, 2.24) is 0 Å². The van der Waals surface area contributed by atoms with E-state index >= 15 is 0 Å². The predicted octanol–water partition coefficient (Wildman–Crippen LogP) is 4.25. The van der Waals surface area contributed by atoms with Gasteiger partial charge in [-0.2, -0.15) is 0 Å². The van der Waals surface area contributed by atoms with Gasteiger partial charge in [0.1, 0.15) is 5.75 Å². The maximum Gasteiger partial charge on any atom is 0.141 e. The maximum absolute atomic E-state index is 6.13. The summed E-state index contributed by atoms with van der Waals surface area (Å²) in [5, 5.41) is 1.28. The number of halogens is 2. The molecule has 17 heavy (non-hydrogen) atoms. The number of nitrogens with two attached hydrogens (primary N) is 1. The lowest BCUT2D eigenvalue weighted by Gasteiger charge is -2.09. The number of ether oxygens (including phenoxy) is 1. The molecule has 0 amide bonds. The molecule has 4 heteroatoms. The van der Waals surface area contributed by atoms with Crippen LogP contribution in [0.2, 0.25) is 10.0 Å². The minimum absolute atomic E-state index is 0.570. The van der Waals surface area contributed by atoms with Gasteiger partial charge in [0.05, 0.1) is 12.8 Å². The molecule has 0 atom stereocenters. The van der Waals surface area contributed by atoms with Crippen LogP contribution in [-0.2, 0) is 0 Å². The van der Waals surface area contributed by atoms with E-state index in [2.05, 4.69) is 0 Å². The second-order valence-corrected chi connectivity index (χ2v) is 4.42. The van der Waals surface area contributed by atoms with Gasteiger partial charge in [-0.05, 0) is 35.9 Å². The van der Waals surface area contributed by atoms with Crippen molar-refractivity contribution in [3.05, 3.63) is 46.4 Å². The van der Waals surface area contributed by atoms with Crippen LogP contribution in [0.3, 0.4) is 0 Å². The highest BCUT2D eigenvalue weighted by molar-refractivity contribution is 6.35. The summed E-state index contributed by atoms with van der Waals surface area (Å²) < 4.78 is 5.11. The first kappa shape index (κ1) is 12.1. The van der Waals surface area contributed by atoms with Gasteiger partial charge in [-0.25, -0.2) is 0 Å². The zero-order valence-electron chi connectivity index (χ0n) is 9.21. The van der Waals surface area contributed by atoms with E-state index in [1.165, 1.54) is 0 Å². The number of nitrogen functional groups attached to an aromatic ring is 1. The SMILES string of the molecule is COc1ccc(-c2cc(Cl)ccc2Cl)cc1N. The van der Waals surface area contributed by atoms with Crippen molar-refractivity contribution in [2.75, 3.05) is 12.8 Å². The molecule has 0 aromatic heterocycles. The quantitative estimate of drug-likeness (QED) is 0.826. The standard InChI is InChI=1S/C13H11Cl2NO/c1-17-13-5-2-8(6-12(13)16)10-7-9(14)3-4-11(10)15/h2-7H,16H2,1H3. The highest BCUT2D eigenvalue weighted by Crippen LogP contribution is 2.34. The van der Waals surface area contributed by atoms with Crippen molar-refractivity contribution < 1.29 is 4.74 Å². The summed E-state index contributed by atoms with van der Waals surface area (Å²) in [5.74, 6) is 0.645. The third-order valence-electron chi connectivity index (χ3n) is 2.47. The Morgan fingerprint density at radius 3 is 2.47 bits per heavy atom. The van der Waals surface area contributed by atoms with Crippen molar-refractivity contribution in [3.8, 4) is 16.9 Å². The molecular formula is C13H11Cl2NO. The number of anilines is 1. The fourth-order valence-electron chi connectivity index (χ4n) is 1.62. The van der Waals surface area contributed by atoms with Crippen LogP contribution < -0.4 is 10.5 Å². The largest absolute Gasteiger partial charge is 0.495 e. The lowest BCUT2D eigenvalue weighted by molar-refractivity contribution is 0.417. The predicted molar refractivity (Wildman–Crippen MR) is 72.9 cm³/mol. The fraction of sp³-hybridized carbons (Fsp3) is 0.0769. The van der Waals surface area contributed by atoms with Crippen molar-refractivity contribution in [2.24, 2.45) is 0 Å². The molecule has 0 aliphatic heterocycles. The monoisotopic (exact) mass is 267 g/mol. The van der Waals surface area contributed by atoms with Crippen LogP contribution in [0.4, 0.5) is 5.69 Å². The Hall–Kier alpha value is -1.38. The molecule has 0 saturated carbocycles. The lowest BCUT2D eigenvalue weighted by atomic mass is 10.0. The molecule has 0 saturated heterocycles. The molecule has 2 aromatic carbocycles. The molecule has 2 N–H and O–H groups in total. The molecule has 0 heterocycles. The van der Waals surface area contributed by atoms with Crippen LogP contribution in [0.25, 0.3) is 11.1 Å². The van der Waals surface area contributed by atoms with Crippen LogP contribution in [0.15, 0.2) is 36.4 Å². The van der Waals surface area contributed by atoms with Gasteiger partial charge >= 0.3 is 0 Å². The Morgan fingerprint density at radius 2 is 1.82 bits per heavy atom. The van der Waals surface area contributed by atoms with Crippen LogP contribution in [0.1, 0.15) is 0 Å². The zero-order chi connectivity index (χ0) is 12.4. The number of methoxy groups -OCH3 is 1. The number of hydrogen-bond acceptors (Lipinski definition) is 2. The molecule has 0 aliphatic carbocycles. The molecule has 2 nitrogen and oxygen atoms in total. The van der Waals surface area contributed by atoms with E-state index in [0.717, 1.165) is 11.1 Å². The molecule has 0 spiro atoms. The van der Waals surface area contributed by atoms with E-state index in [4.69, 9.17) is 33.7 Å². The van der Waals surface area contributed by atoms with E-state index in [9.17, 15) is 0 Å². The van der Waals surface area contributed by atoms with Gasteiger partial charge in [0.25, 0.3) is 0 Å². The van der Waals surface area contributed by atoms with Crippen LogP contribution in [-0.4, -0.2) is 7.11 Å². The van der Waals surface area contributed by atoms with E-state index in [1.807, 2.05) is 24.3 Å². The summed E-state index contributed by atoms with van der Waals surface area (Å²) in [5.41, 5.74) is 8.19. The van der Waals surface area contributed by atoms with Gasteiger partial charge in [0, 0.05) is 15.6 Å². The average molecular weight is 268 g/mol. The van der Waals surface area contributed by atoms with Crippen LogP contribution >= 0.6 is 23.2 Å². The van der Waals surface area contributed by atoms with Gasteiger partial charge < -0.3 is 10.5 Å². The number of benzene rings is 2. The van der Waals surface area contributed by atoms with Crippen LogP contribution in [0.5, 0.6) is 5.75 Å². The molecular weight excluding hydrogens is 257 g/mol. The molecule has 0 fully saturated rings. The Balaban J connectivity index is 2.53. The van der Waals surface area contributed by atoms with Crippen molar-refractivity contribution in [2.45, 2.75) is 0 Å². The molecule has 0 aliphatic rings. The minimum atomic E-state index is 0.570. The Kier molecular flexibility index (Phi) is 3.46. The Morgan fingerprint density at radius 1 is 1.06 bits per heavy atom. The van der Waals surface area contributed by atoms with Crippen molar-refractivity contribution in [1.29, 1.82) is 0 Å². The smallest absolute Gasteiger partial charge is 0.141 e. The van der Waals surface area contributed by atoms with Gasteiger partial charge in [-0.15, -0.1) is 0 Å². The van der Waals surface area contributed by atoms with E-state index in [0.29, 0.717) is 21.5 Å². The van der Waals surface area contributed by atoms with E-state index < -0.39 is 0 Å².